The predicted molar refractivity (Wildman–Crippen MR) is 84.1 cm³/mol. The van der Waals surface area contributed by atoms with Crippen LogP contribution in [0.1, 0.15) is 0 Å². The zero-order chi connectivity index (χ0) is 14.5. The lowest BCUT2D eigenvalue weighted by molar-refractivity contribution is -0.118. The maximum absolute atomic E-state index is 11.8. The number of carbonyl (C=O) groups is 1. The summed E-state index contributed by atoms with van der Waals surface area (Å²) >= 11 is 9.27. The van der Waals surface area contributed by atoms with Gasteiger partial charge in [-0.15, -0.1) is 0 Å². The first kappa shape index (κ1) is 14.7. The van der Waals surface area contributed by atoms with Gasteiger partial charge in [-0.1, -0.05) is 33.6 Å². The van der Waals surface area contributed by atoms with E-state index in [1.165, 1.54) is 0 Å². The van der Waals surface area contributed by atoms with Crippen molar-refractivity contribution in [2.75, 3.05) is 17.7 Å². The monoisotopic (exact) mass is 354 g/mol. The molecule has 0 bridgehead atoms. The van der Waals surface area contributed by atoms with Gasteiger partial charge in [0.25, 0.3) is 5.91 Å². The smallest absolute Gasteiger partial charge is 0.262 e. The number of ether oxygens (including phenoxy) is 1. The van der Waals surface area contributed by atoms with Gasteiger partial charge in [0, 0.05) is 10.2 Å². The third kappa shape index (κ3) is 3.88. The van der Waals surface area contributed by atoms with E-state index >= 15 is 0 Å². The number of amides is 1. The van der Waals surface area contributed by atoms with Crippen LogP contribution in [0, 0.1) is 0 Å². The number of anilines is 2. The molecule has 20 heavy (non-hydrogen) atoms. The van der Waals surface area contributed by atoms with Crippen molar-refractivity contribution >= 4 is 44.8 Å². The fraction of sp³-hybridized carbons (Fsp3) is 0.0714. The zero-order valence-corrected chi connectivity index (χ0v) is 12.7. The number of halogens is 2. The van der Waals surface area contributed by atoms with E-state index in [1.54, 1.807) is 30.3 Å². The molecule has 0 aliphatic carbocycles. The van der Waals surface area contributed by atoms with Crippen LogP contribution in [0.3, 0.4) is 0 Å². The highest BCUT2D eigenvalue weighted by Gasteiger charge is 2.09. The van der Waals surface area contributed by atoms with Crippen LogP contribution >= 0.6 is 27.5 Å². The van der Waals surface area contributed by atoms with Crippen molar-refractivity contribution in [2.24, 2.45) is 0 Å². The Hall–Kier alpha value is -1.72. The van der Waals surface area contributed by atoms with E-state index in [0.29, 0.717) is 22.1 Å². The maximum Gasteiger partial charge on any atom is 0.262 e. The lowest BCUT2D eigenvalue weighted by Crippen LogP contribution is -2.20. The summed E-state index contributed by atoms with van der Waals surface area (Å²) in [6, 6.07) is 12.3. The molecular weight excluding hydrogens is 344 g/mol. The standard InChI is InChI=1S/C14H12BrClN2O2/c15-9-4-6-10(7-5-9)18-13(19)8-20-14-11(16)2-1-3-12(14)17/h1-7H,8,17H2,(H,18,19). The summed E-state index contributed by atoms with van der Waals surface area (Å²) in [4.78, 5) is 11.8. The summed E-state index contributed by atoms with van der Waals surface area (Å²) in [5.41, 5.74) is 6.82. The quantitative estimate of drug-likeness (QED) is 0.822. The molecular formula is C14H12BrClN2O2. The molecule has 1 amide bonds. The molecule has 2 rings (SSSR count). The van der Waals surface area contributed by atoms with Crippen molar-refractivity contribution < 1.29 is 9.53 Å². The van der Waals surface area contributed by atoms with Crippen molar-refractivity contribution in [2.45, 2.75) is 0 Å². The van der Waals surface area contributed by atoms with Crippen LogP contribution in [0.25, 0.3) is 0 Å². The maximum atomic E-state index is 11.8. The first-order valence-corrected chi connectivity index (χ1v) is 6.95. The number of rotatable bonds is 4. The molecule has 2 aromatic carbocycles. The normalized spacial score (nSPS) is 10.1. The van der Waals surface area contributed by atoms with Gasteiger partial charge >= 0.3 is 0 Å². The Kier molecular flexibility index (Phi) is 4.87. The summed E-state index contributed by atoms with van der Waals surface area (Å²) in [6.07, 6.45) is 0. The van der Waals surface area contributed by atoms with Crippen LogP contribution < -0.4 is 15.8 Å². The highest BCUT2D eigenvalue weighted by molar-refractivity contribution is 9.10. The van der Waals surface area contributed by atoms with Gasteiger partial charge in [0.1, 0.15) is 0 Å². The molecule has 0 aliphatic heterocycles. The molecule has 0 saturated heterocycles. The minimum Gasteiger partial charge on any atom is -0.480 e. The molecule has 0 heterocycles. The Morgan fingerprint density at radius 2 is 1.95 bits per heavy atom. The van der Waals surface area contributed by atoms with E-state index in [2.05, 4.69) is 21.2 Å². The largest absolute Gasteiger partial charge is 0.480 e. The average Bonchev–Trinajstić information content (AvgIpc) is 2.41. The van der Waals surface area contributed by atoms with Gasteiger partial charge < -0.3 is 15.8 Å². The summed E-state index contributed by atoms with van der Waals surface area (Å²) in [6.45, 7) is -0.163. The first-order chi connectivity index (χ1) is 9.56. The van der Waals surface area contributed by atoms with E-state index < -0.39 is 0 Å². The Labute approximate surface area is 130 Å². The minimum atomic E-state index is -0.286. The molecule has 2 aromatic rings. The fourth-order valence-electron chi connectivity index (χ4n) is 1.55. The average molecular weight is 356 g/mol. The van der Waals surface area contributed by atoms with Crippen molar-refractivity contribution in [3.8, 4) is 5.75 Å². The molecule has 0 unspecified atom stereocenters. The van der Waals surface area contributed by atoms with Gasteiger partial charge in [0.05, 0.1) is 10.7 Å². The molecule has 0 saturated carbocycles. The second kappa shape index (κ2) is 6.63. The molecule has 0 spiro atoms. The third-order valence-electron chi connectivity index (χ3n) is 2.47. The molecule has 0 fully saturated rings. The van der Waals surface area contributed by atoms with Crippen LogP contribution in [-0.4, -0.2) is 12.5 Å². The highest BCUT2D eigenvalue weighted by Crippen LogP contribution is 2.30. The number of nitrogens with one attached hydrogen (secondary N) is 1. The molecule has 4 nitrogen and oxygen atoms in total. The van der Waals surface area contributed by atoms with Crippen LogP contribution in [-0.2, 0) is 4.79 Å². The third-order valence-corrected chi connectivity index (χ3v) is 3.30. The molecule has 0 aliphatic rings. The minimum absolute atomic E-state index is 0.163. The molecule has 6 heteroatoms. The Morgan fingerprint density at radius 1 is 1.25 bits per heavy atom. The lowest BCUT2D eigenvalue weighted by atomic mass is 10.3. The van der Waals surface area contributed by atoms with E-state index in [-0.39, 0.29) is 12.5 Å². The summed E-state index contributed by atoms with van der Waals surface area (Å²) in [7, 11) is 0. The van der Waals surface area contributed by atoms with Crippen molar-refractivity contribution in [3.05, 3.63) is 52.0 Å². The fourth-order valence-corrected chi connectivity index (χ4v) is 2.05. The van der Waals surface area contributed by atoms with Gasteiger partial charge in [-0.2, -0.15) is 0 Å². The Morgan fingerprint density at radius 3 is 2.60 bits per heavy atom. The molecule has 0 radical (unpaired) electrons. The number of nitrogens with two attached hydrogens (primary N) is 1. The Bertz CT molecular complexity index is 597. The van der Waals surface area contributed by atoms with Crippen molar-refractivity contribution in [3.63, 3.8) is 0 Å². The zero-order valence-electron chi connectivity index (χ0n) is 10.4. The van der Waals surface area contributed by atoms with Gasteiger partial charge in [-0.05, 0) is 36.4 Å². The molecule has 0 atom stereocenters. The van der Waals surface area contributed by atoms with Crippen molar-refractivity contribution in [1.29, 1.82) is 0 Å². The SMILES string of the molecule is Nc1cccc(Cl)c1OCC(=O)Nc1ccc(Br)cc1. The van der Waals surface area contributed by atoms with Gasteiger partial charge in [-0.3, -0.25) is 4.79 Å². The van der Waals surface area contributed by atoms with Gasteiger partial charge in [-0.25, -0.2) is 0 Å². The van der Waals surface area contributed by atoms with Gasteiger partial charge in [0.15, 0.2) is 12.4 Å². The summed E-state index contributed by atoms with van der Waals surface area (Å²) < 4.78 is 6.29. The number of carbonyl (C=O) groups excluding carboxylic acids is 1. The highest BCUT2D eigenvalue weighted by atomic mass is 79.9. The number of nitrogen functional groups attached to an aromatic ring is 1. The molecule has 0 aromatic heterocycles. The molecule has 3 N–H and O–H groups in total. The predicted octanol–water partition coefficient (Wildman–Crippen LogP) is 3.70. The first-order valence-electron chi connectivity index (χ1n) is 5.78. The summed E-state index contributed by atoms with van der Waals surface area (Å²) in [5.74, 6) is 0.0340. The van der Waals surface area contributed by atoms with Crippen LogP contribution in [0.4, 0.5) is 11.4 Å². The van der Waals surface area contributed by atoms with E-state index in [1.807, 2.05) is 12.1 Å². The van der Waals surface area contributed by atoms with E-state index in [9.17, 15) is 4.79 Å². The van der Waals surface area contributed by atoms with Crippen molar-refractivity contribution in [1.82, 2.24) is 0 Å². The lowest BCUT2D eigenvalue weighted by Gasteiger charge is -2.10. The summed E-state index contributed by atoms with van der Waals surface area (Å²) in [5, 5.41) is 3.09. The van der Waals surface area contributed by atoms with Crippen LogP contribution in [0.2, 0.25) is 5.02 Å². The van der Waals surface area contributed by atoms with Crippen LogP contribution in [0.5, 0.6) is 5.75 Å². The van der Waals surface area contributed by atoms with E-state index in [0.717, 1.165) is 4.47 Å². The van der Waals surface area contributed by atoms with Gasteiger partial charge in [0.2, 0.25) is 0 Å². The number of benzene rings is 2. The second-order valence-corrected chi connectivity index (χ2v) is 5.32. The Balaban J connectivity index is 1.94. The van der Waals surface area contributed by atoms with E-state index in [4.69, 9.17) is 22.1 Å². The van der Waals surface area contributed by atoms with Crippen LogP contribution in [0.15, 0.2) is 46.9 Å². The number of hydrogen-bond donors (Lipinski definition) is 2. The number of hydrogen-bond acceptors (Lipinski definition) is 3. The topological polar surface area (TPSA) is 64.3 Å². The second-order valence-electron chi connectivity index (χ2n) is 4.00. The number of para-hydroxylation sites is 1. The molecule has 104 valence electrons.